The molecule has 0 radical (unpaired) electrons. The molecule has 1 aromatic heterocycles. The highest BCUT2D eigenvalue weighted by Gasteiger charge is 2.15. The van der Waals surface area contributed by atoms with Crippen molar-refractivity contribution >= 4 is 23.4 Å². The average molecular weight is 457 g/mol. The van der Waals surface area contributed by atoms with Crippen molar-refractivity contribution in [3.63, 3.8) is 0 Å². The van der Waals surface area contributed by atoms with Crippen LogP contribution >= 0.6 is 11.8 Å². The van der Waals surface area contributed by atoms with Gasteiger partial charge in [0.2, 0.25) is 5.91 Å². The Morgan fingerprint density at radius 3 is 2.44 bits per heavy atom. The third kappa shape index (κ3) is 5.94. The molecule has 1 amide bonds. The number of aromatic nitrogens is 3. The fourth-order valence-corrected chi connectivity index (χ4v) is 3.59. The van der Waals surface area contributed by atoms with Gasteiger partial charge >= 0.3 is 0 Å². The third-order valence-corrected chi connectivity index (χ3v) is 5.56. The molecule has 170 valence electrons. The van der Waals surface area contributed by atoms with Gasteiger partial charge in [0.05, 0.1) is 32.3 Å². The van der Waals surface area contributed by atoms with Gasteiger partial charge in [0.15, 0.2) is 11.0 Å². The van der Waals surface area contributed by atoms with E-state index in [2.05, 4.69) is 29.4 Å². The van der Waals surface area contributed by atoms with Crippen molar-refractivity contribution in [1.82, 2.24) is 14.8 Å². The van der Waals surface area contributed by atoms with Crippen molar-refractivity contribution in [2.75, 3.05) is 31.9 Å². The minimum Gasteiger partial charge on any atom is -0.497 e. The quantitative estimate of drug-likeness (QED) is 0.456. The first-order chi connectivity index (χ1) is 15.4. The van der Waals surface area contributed by atoms with Gasteiger partial charge in [0.25, 0.3) is 0 Å². The standard InChI is InChI=1S/C23H28N4O4S/c1-15(2)13-31-17-8-6-16(7-9-17)22-25-26-23(27(22)3)32-14-21(28)24-19-12-18(29-4)10-11-20(19)30-5/h6-12,15H,13-14H2,1-5H3,(H,24,28). The summed E-state index contributed by atoms with van der Waals surface area (Å²) < 4.78 is 18.1. The molecule has 0 aliphatic carbocycles. The van der Waals surface area contributed by atoms with Crippen molar-refractivity contribution in [3.8, 4) is 28.6 Å². The van der Waals surface area contributed by atoms with Gasteiger partial charge in [-0.2, -0.15) is 0 Å². The van der Waals surface area contributed by atoms with Crippen LogP contribution in [0.2, 0.25) is 0 Å². The third-order valence-electron chi connectivity index (χ3n) is 4.54. The summed E-state index contributed by atoms with van der Waals surface area (Å²) in [4.78, 5) is 12.5. The molecule has 0 aliphatic rings. The lowest BCUT2D eigenvalue weighted by Gasteiger charge is -2.11. The van der Waals surface area contributed by atoms with E-state index in [0.29, 0.717) is 34.9 Å². The number of methoxy groups -OCH3 is 2. The number of carbonyl (C=O) groups is 1. The summed E-state index contributed by atoms with van der Waals surface area (Å²) in [6.45, 7) is 4.90. The van der Waals surface area contributed by atoms with Crippen LogP contribution in [0, 0.1) is 5.92 Å². The van der Waals surface area contributed by atoms with E-state index in [9.17, 15) is 4.79 Å². The zero-order valence-electron chi connectivity index (χ0n) is 18.9. The van der Waals surface area contributed by atoms with E-state index in [4.69, 9.17) is 14.2 Å². The first kappa shape index (κ1) is 23.5. The van der Waals surface area contributed by atoms with Gasteiger partial charge in [-0.1, -0.05) is 25.6 Å². The molecule has 0 atom stereocenters. The first-order valence-electron chi connectivity index (χ1n) is 10.2. The molecule has 0 bridgehead atoms. The van der Waals surface area contributed by atoms with Crippen LogP contribution in [0.4, 0.5) is 5.69 Å². The lowest BCUT2D eigenvalue weighted by Crippen LogP contribution is -2.15. The molecule has 32 heavy (non-hydrogen) atoms. The van der Waals surface area contributed by atoms with E-state index in [-0.39, 0.29) is 11.7 Å². The molecule has 1 N–H and O–H groups in total. The molecule has 3 aromatic rings. The van der Waals surface area contributed by atoms with E-state index in [0.717, 1.165) is 17.1 Å². The summed E-state index contributed by atoms with van der Waals surface area (Å²) in [6.07, 6.45) is 0. The van der Waals surface area contributed by atoms with E-state index in [1.54, 1.807) is 32.4 Å². The van der Waals surface area contributed by atoms with Gasteiger partial charge in [-0.05, 0) is 42.3 Å². The van der Waals surface area contributed by atoms with Gasteiger partial charge in [0, 0.05) is 18.7 Å². The van der Waals surface area contributed by atoms with Crippen LogP contribution < -0.4 is 19.5 Å². The van der Waals surface area contributed by atoms with Gasteiger partial charge in [-0.15, -0.1) is 10.2 Å². The molecule has 1 heterocycles. The van der Waals surface area contributed by atoms with E-state index in [1.165, 1.54) is 11.8 Å². The number of rotatable bonds is 10. The maximum absolute atomic E-state index is 12.5. The summed E-state index contributed by atoms with van der Waals surface area (Å²) >= 11 is 1.31. The molecule has 0 aliphatic heterocycles. The number of ether oxygens (including phenoxy) is 3. The number of nitrogens with one attached hydrogen (secondary N) is 1. The monoisotopic (exact) mass is 456 g/mol. The van der Waals surface area contributed by atoms with Crippen LogP contribution in [0.1, 0.15) is 13.8 Å². The molecule has 0 saturated heterocycles. The van der Waals surface area contributed by atoms with Crippen molar-refractivity contribution in [2.24, 2.45) is 13.0 Å². The van der Waals surface area contributed by atoms with Crippen LogP contribution in [-0.4, -0.2) is 47.3 Å². The highest BCUT2D eigenvalue weighted by molar-refractivity contribution is 7.99. The molecule has 3 rings (SSSR count). The molecule has 0 unspecified atom stereocenters. The number of benzene rings is 2. The van der Waals surface area contributed by atoms with Crippen LogP contribution in [0.25, 0.3) is 11.4 Å². The second-order valence-corrected chi connectivity index (χ2v) is 8.44. The van der Waals surface area contributed by atoms with Crippen molar-refractivity contribution < 1.29 is 19.0 Å². The molecular formula is C23H28N4O4S. The zero-order valence-corrected chi connectivity index (χ0v) is 19.7. The zero-order chi connectivity index (χ0) is 23.1. The maximum atomic E-state index is 12.5. The summed E-state index contributed by atoms with van der Waals surface area (Å²) in [7, 11) is 5.00. The molecule has 9 heteroatoms. The first-order valence-corrected chi connectivity index (χ1v) is 11.2. The molecule has 0 fully saturated rings. The van der Waals surface area contributed by atoms with Crippen molar-refractivity contribution in [2.45, 2.75) is 19.0 Å². The summed E-state index contributed by atoms with van der Waals surface area (Å²) in [5.41, 5.74) is 1.48. The Labute approximate surface area is 192 Å². The predicted octanol–water partition coefficient (Wildman–Crippen LogP) is 4.26. The summed E-state index contributed by atoms with van der Waals surface area (Å²) in [6, 6.07) is 13.0. The number of thioether (sulfide) groups is 1. The number of nitrogens with zero attached hydrogens (tertiary/aromatic N) is 3. The lowest BCUT2D eigenvalue weighted by molar-refractivity contribution is -0.113. The summed E-state index contributed by atoms with van der Waals surface area (Å²) in [5, 5.41) is 12.0. The fourth-order valence-electron chi connectivity index (χ4n) is 2.88. The molecule has 2 aromatic carbocycles. The van der Waals surface area contributed by atoms with Crippen molar-refractivity contribution in [1.29, 1.82) is 0 Å². The van der Waals surface area contributed by atoms with E-state index < -0.39 is 0 Å². The van der Waals surface area contributed by atoms with Crippen molar-refractivity contribution in [3.05, 3.63) is 42.5 Å². The Kier molecular flexibility index (Phi) is 7.99. The number of amides is 1. The minimum atomic E-state index is -0.183. The maximum Gasteiger partial charge on any atom is 0.234 e. The highest BCUT2D eigenvalue weighted by Crippen LogP contribution is 2.29. The Hall–Kier alpha value is -3.20. The smallest absolute Gasteiger partial charge is 0.234 e. The Balaban J connectivity index is 1.62. The van der Waals surface area contributed by atoms with E-state index >= 15 is 0 Å². The van der Waals surface area contributed by atoms with E-state index in [1.807, 2.05) is 35.9 Å². The van der Waals surface area contributed by atoms with Crippen LogP contribution in [0.5, 0.6) is 17.2 Å². The second-order valence-electron chi connectivity index (χ2n) is 7.50. The Morgan fingerprint density at radius 1 is 1.06 bits per heavy atom. The molecule has 0 saturated carbocycles. The van der Waals surface area contributed by atoms with Gasteiger partial charge in [0.1, 0.15) is 17.2 Å². The van der Waals surface area contributed by atoms with Crippen LogP contribution in [0.3, 0.4) is 0 Å². The SMILES string of the molecule is COc1ccc(OC)c(NC(=O)CSc2nnc(-c3ccc(OCC(C)C)cc3)n2C)c1. The molecule has 0 spiro atoms. The van der Waals surface area contributed by atoms with Crippen LogP contribution in [0.15, 0.2) is 47.6 Å². The number of hydrogen-bond acceptors (Lipinski definition) is 7. The van der Waals surface area contributed by atoms with Gasteiger partial charge in [-0.3, -0.25) is 4.79 Å². The lowest BCUT2D eigenvalue weighted by atomic mass is 10.2. The number of carbonyl (C=O) groups excluding carboxylic acids is 1. The normalized spacial score (nSPS) is 10.8. The number of anilines is 1. The number of hydrogen-bond donors (Lipinski definition) is 1. The average Bonchev–Trinajstić information content (AvgIpc) is 3.16. The Morgan fingerprint density at radius 2 is 1.78 bits per heavy atom. The minimum absolute atomic E-state index is 0.175. The predicted molar refractivity (Wildman–Crippen MR) is 126 cm³/mol. The van der Waals surface area contributed by atoms with Gasteiger partial charge < -0.3 is 24.1 Å². The Bertz CT molecular complexity index is 1050. The summed E-state index contributed by atoms with van der Waals surface area (Å²) in [5.74, 6) is 3.20. The topological polar surface area (TPSA) is 87.5 Å². The van der Waals surface area contributed by atoms with Crippen LogP contribution in [-0.2, 0) is 11.8 Å². The second kappa shape index (κ2) is 10.9. The molecular weight excluding hydrogens is 428 g/mol. The largest absolute Gasteiger partial charge is 0.497 e. The fraction of sp³-hybridized carbons (Fsp3) is 0.348. The van der Waals surface area contributed by atoms with Gasteiger partial charge in [-0.25, -0.2) is 0 Å². The molecule has 8 nitrogen and oxygen atoms in total. The highest BCUT2D eigenvalue weighted by atomic mass is 32.2.